The maximum Gasteiger partial charge on any atom is 0.407 e. The van der Waals surface area contributed by atoms with Gasteiger partial charge in [0.05, 0.1) is 0 Å². The molecule has 1 saturated carbocycles. The maximum absolute atomic E-state index is 13.4. The molecule has 4 atom stereocenters. The molecule has 1 aromatic rings. The van der Waals surface area contributed by atoms with Gasteiger partial charge in [-0.1, -0.05) is 11.6 Å². The number of amides is 3. The number of carbonyl (C=O) groups is 3. The second kappa shape index (κ2) is 6.59. The number of carbonyl (C=O) groups excluding carboxylic acids is 2. The fraction of sp³-hybridized carbons (Fsp3) is 0.500. The molecule has 2 aliphatic heterocycles. The van der Waals surface area contributed by atoms with E-state index < -0.39 is 29.3 Å². The van der Waals surface area contributed by atoms with Gasteiger partial charge in [-0.25, -0.2) is 9.18 Å². The molecule has 0 bridgehead atoms. The predicted octanol–water partition coefficient (Wildman–Crippen LogP) is 0.667. The van der Waals surface area contributed by atoms with E-state index >= 15 is 0 Å². The molecule has 3 N–H and O–H groups in total. The first-order chi connectivity index (χ1) is 13.2. The lowest BCUT2D eigenvalue weighted by Crippen LogP contribution is -2.53. The van der Waals surface area contributed by atoms with Gasteiger partial charge >= 0.3 is 6.09 Å². The highest BCUT2D eigenvalue weighted by Gasteiger charge is 2.64. The minimum absolute atomic E-state index is 0.0415. The van der Waals surface area contributed by atoms with Gasteiger partial charge in [0.15, 0.2) is 0 Å². The molecule has 2 unspecified atom stereocenters. The van der Waals surface area contributed by atoms with E-state index in [0.29, 0.717) is 18.7 Å². The summed E-state index contributed by atoms with van der Waals surface area (Å²) in [6, 6.07) is 3.69. The monoisotopic (exact) mass is 411 g/mol. The van der Waals surface area contributed by atoms with Crippen LogP contribution in [0.25, 0.3) is 0 Å². The summed E-state index contributed by atoms with van der Waals surface area (Å²) in [7, 11) is 0. The molecule has 3 fully saturated rings. The van der Waals surface area contributed by atoms with Gasteiger partial charge in [0.25, 0.3) is 11.8 Å². The van der Waals surface area contributed by atoms with Crippen molar-refractivity contribution < 1.29 is 29.0 Å². The van der Waals surface area contributed by atoms with Crippen LogP contribution in [-0.2, 0) is 16.1 Å². The quantitative estimate of drug-likeness (QED) is 0.631. The number of hydrogen-bond donors (Lipinski definition) is 3. The SMILES string of the molecule is O=C(O)N1C[C@@H]2C(N3CCC(O)(C(=O)NCc4cc(F)cc(Cl)c4)C3=O)[C@@H]2C1. The molecule has 1 aliphatic carbocycles. The van der Waals surface area contributed by atoms with Gasteiger partial charge in [0.1, 0.15) is 5.82 Å². The van der Waals surface area contributed by atoms with Gasteiger partial charge in [-0.15, -0.1) is 0 Å². The number of aliphatic hydroxyl groups is 1. The van der Waals surface area contributed by atoms with Crippen molar-refractivity contribution in [2.24, 2.45) is 11.8 Å². The summed E-state index contributed by atoms with van der Waals surface area (Å²) < 4.78 is 13.4. The summed E-state index contributed by atoms with van der Waals surface area (Å²) in [6.07, 6.45) is -1.02. The summed E-state index contributed by atoms with van der Waals surface area (Å²) in [6.45, 7) is 0.881. The van der Waals surface area contributed by atoms with E-state index in [2.05, 4.69) is 5.32 Å². The Labute approximate surface area is 164 Å². The summed E-state index contributed by atoms with van der Waals surface area (Å²) in [5, 5.41) is 22.3. The van der Waals surface area contributed by atoms with E-state index in [1.54, 1.807) is 0 Å². The summed E-state index contributed by atoms with van der Waals surface area (Å²) in [5.41, 5.74) is -1.75. The molecule has 3 aliphatic rings. The first-order valence-corrected chi connectivity index (χ1v) is 9.33. The maximum atomic E-state index is 13.4. The van der Waals surface area contributed by atoms with Crippen LogP contribution in [0.2, 0.25) is 5.02 Å². The molecule has 1 aromatic carbocycles. The first-order valence-electron chi connectivity index (χ1n) is 8.95. The van der Waals surface area contributed by atoms with Crippen molar-refractivity contribution in [2.45, 2.75) is 24.6 Å². The van der Waals surface area contributed by atoms with Crippen molar-refractivity contribution in [1.29, 1.82) is 0 Å². The molecule has 8 nitrogen and oxygen atoms in total. The first kappa shape index (κ1) is 18.9. The lowest BCUT2D eigenvalue weighted by molar-refractivity contribution is -0.154. The van der Waals surface area contributed by atoms with Crippen LogP contribution in [0.1, 0.15) is 12.0 Å². The molecule has 0 aromatic heterocycles. The molecule has 2 saturated heterocycles. The van der Waals surface area contributed by atoms with Crippen LogP contribution in [0.15, 0.2) is 18.2 Å². The van der Waals surface area contributed by atoms with Crippen molar-refractivity contribution in [3.63, 3.8) is 0 Å². The highest BCUT2D eigenvalue weighted by atomic mass is 35.5. The standard InChI is InChI=1S/C18H19ClFN3O5/c19-10-3-9(4-11(20)5-10)6-21-15(24)18(28)1-2-23(16(18)25)14-12-7-22(17(26)27)8-13(12)14/h3-5,12-14,28H,1-2,6-8H2,(H,21,24)(H,26,27)/t12-,13+,14?,18?. The molecule has 28 heavy (non-hydrogen) atoms. The Balaban J connectivity index is 1.37. The van der Waals surface area contributed by atoms with Gasteiger partial charge in [0.2, 0.25) is 5.60 Å². The number of fused-ring (bicyclic) bond motifs is 1. The minimum Gasteiger partial charge on any atom is -0.465 e. The zero-order chi connectivity index (χ0) is 20.2. The van der Waals surface area contributed by atoms with Gasteiger partial charge in [-0.05, 0) is 23.8 Å². The lowest BCUT2D eigenvalue weighted by Gasteiger charge is -2.24. The average Bonchev–Trinajstić information content (AvgIpc) is 2.97. The summed E-state index contributed by atoms with van der Waals surface area (Å²) in [5.74, 6) is -1.93. The Bertz CT molecular complexity index is 835. The van der Waals surface area contributed by atoms with Gasteiger partial charge in [-0.3, -0.25) is 9.59 Å². The summed E-state index contributed by atoms with van der Waals surface area (Å²) in [4.78, 5) is 39.0. The fourth-order valence-electron chi connectivity index (χ4n) is 4.38. The summed E-state index contributed by atoms with van der Waals surface area (Å²) >= 11 is 5.78. The number of piperidine rings is 1. The normalized spacial score (nSPS) is 31.1. The number of nitrogens with zero attached hydrogens (tertiary/aromatic N) is 2. The van der Waals surface area contributed by atoms with E-state index in [4.69, 9.17) is 16.7 Å². The van der Waals surface area contributed by atoms with E-state index in [1.165, 1.54) is 21.9 Å². The third-order valence-corrected chi connectivity index (χ3v) is 6.08. The molecule has 10 heteroatoms. The largest absolute Gasteiger partial charge is 0.465 e. The second-order valence-corrected chi connectivity index (χ2v) is 8.01. The van der Waals surface area contributed by atoms with Gasteiger partial charge < -0.3 is 25.3 Å². The number of hydrogen-bond acceptors (Lipinski definition) is 4. The molecule has 4 rings (SSSR count). The number of rotatable bonds is 4. The Kier molecular flexibility index (Phi) is 4.46. The smallest absolute Gasteiger partial charge is 0.407 e. The van der Waals surface area contributed by atoms with Crippen LogP contribution in [0, 0.1) is 17.7 Å². The molecular formula is C18H19ClFN3O5. The van der Waals surface area contributed by atoms with E-state index in [9.17, 15) is 23.9 Å². The van der Waals surface area contributed by atoms with Crippen LogP contribution in [0.3, 0.4) is 0 Å². The van der Waals surface area contributed by atoms with Crippen molar-refractivity contribution in [1.82, 2.24) is 15.1 Å². The van der Waals surface area contributed by atoms with Crippen LogP contribution < -0.4 is 5.32 Å². The third kappa shape index (κ3) is 3.08. The Hall–Kier alpha value is -2.39. The number of benzene rings is 1. The predicted molar refractivity (Wildman–Crippen MR) is 94.9 cm³/mol. The van der Waals surface area contributed by atoms with E-state index in [0.717, 1.165) is 6.07 Å². The van der Waals surface area contributed by atoms with Crippen LogP contribution in [0.5, 0.6) is 0 Å². The van der Waals surface area contributed by atoms with Gasteiger partial charge in [-0.2, -0.15) is 0 Å². The topological polar surface area (TPSA) is 110 Å². The molecule has 0 radical (unpaired) electrons. The van der Waals surface area contributed by atoms with Gasteiger partial charge in [0, 0.05) is 55.5 Å². The number of nitrogens with one attached hydrogen (secondary N) is 1. The molecule has 0 spiro atoms. The van der Waals surface area contributed by atoms with Crippen molar-refractivity contribution in [3.8, 4) is 0 Å². The van der Waals surface area contributed by atoms with Crippen molar-refractivity contribution in [2.75, 3.05) is 19.6 Å². The number of carboxylic acid groups (broad SMARTS) is 1. The van der Waals surface area contributed by atoms with Crippen molar-refractivity contribution >= 4 is 29.5 Å². The Morgan fingerprint density at radius 3 is 2.57 bits per heavy atom. The zero-order valence-corrected chi connectivity index (χ0v) is 15.5. The fourth-order valence-corrected chi connectivity index (χ4v) is 4.62. The minimum atomic E-state index is -2.17. The van der Waals surface area contributed by atoms with E-state index in [-0.39, 0.29) is 42.4 Å². The highest BCUT2D eigenvalue weighted by molar-refractivity contribution is 6.30. The van der Waals surface area contributed by atoms with Crippen LogP contribution >= 0.6 is 11.6 Å². The number of halogens is 2. The highest BCUT2D eigenvalue weighted by Crippen LogP contribution is 2.50. The number of likely N-dealkylation sites (tertiary alicyclic amines) is 2. The molecule has 3 amide bonds. The van der Waals surface area contributed by atoms with Crippen LogP contribution in [-0.4, -0.2) is 69.2 Å². The average molecular weight is 412 g/mol. The van der Waals surface area contributed by atoms with Crippen LogP contribution in [0.4, 0.5) is 9.18 Å². The zero-order valence-electron chi connectivity index (χ0n) is 14.8. The third-order valence-electron chi connectivity index (χ3n) is 5.86. The Morgan fingerprint density at radius 1 is 1.29 bits per heavy atom. The Morgan fingerprint density at radius 2 is 1.96 bits per heavy atom. The lowest BCUT2D eigenvalue weighted by atomic mass is 10.0. The second-order valence-electron chi connectivity index (χ2n) is 7.58. The molecular weight excluding hydrogens is 393 g/mol. The van der Waals surface area contributed by atoms with Crippen molar-refractivity contribution in [3.05, 3.63) is 34.6 Å². The van der Waals surface area contributed by atoms with E-state index in [1.807, 2.05) is 0 Å². The molecule has 150 valence electrons. The molecule has 2 heterocycles.